The van der Waals surface area contributed by atoms with Gasteiger partial charge < -0.3 is 10.8 Å². The number of nitrogens with two attached hydrogens (primary N) is 1. The van der Waals surface area contributed by atoms with E-state index in [9.17, 15) is 26.3 Å². The van der Waals surface area contributed by atoms with Gasteiger partial charge in [0, 0.05) is 16.3 Å². The highest BCUT2D eigenvalue weighted by Crippen LogP contribution is 2.51. The SMILES string of the molecule is Nc1ccc(C(O)(C(F)(F)F)C(F)(F)F)c(Cl)c1. The predicted octanol–water partition coefficient (Wildman–Crippen LogP) is 3.23. The largest absolute Gasteiger partial charge is 0.430 e. The quantitative estimate of drug-likeness (QED) is 0.617. The Bertz CT molecular complexity index is 441. The van der Waals surface area contributed by atoms with Crippen LogP contribution in [0.25, 0.3) is 0 Å². The standard InChI is InChI=1S/C9H6ClF6NO/c10-6-3-4(17)1-2-5(6)7(18,8(11,12)13)9(14,15)16/h1-3,18H,17H2. The van der Waals surface area contributed by atoms with Crippen molar-refractivity contribution in [1.82, 2.24) is 0 Å². The molecule has 0 aromatic heterocycles. The van der Waals surface area contributed by atoms with Crippen molar-refractivity contribution in [2.24, 2.45) is 0 Å². The number of hydrogen-bond acceptors (Lipinski definition) is 2. The Hall–Kier alpha value is -1.15. The first-order chi connectivity index (χ1) is 7.91. The zero-order chi connectivity index (χ0) is 14.4. The van der Waals surface area contributed by atoms with Gasteiger partial charge in [-0.1, -0.05) is 17.7 Å². The zero-order valence-electron chi connectivity index (χ0n) is 8.40. The lowest BCUT2D eigenvalue weighted by Crippen LogP contribution is -2.54. The number of halogens is 7. The Morgan fingerprint density at radius 1 is 1.00 bits per heavy atom. The van der Waals surface area contributed by atoms with Gasteiger partial charge in [0.15, 0.2) is 0 Å². The van der Waals surface area contributed by atoms with Gasteiger partial charge in [0.05, 0.1) is 0 Å². The Labute approximate surface area is 102 Å². The third-order valence-electron chi connectivity index (χ3n) is 2.20. The molecule has 9 heteroatoms. The molecule has 3 N–H and O–H groups in total. The van der Waals surface area contributed by atoms with Gasteiger partial charge in [-0.3, -0.25) is 0 Å². The fraction of sp³-hybridized carbons (Fsp3) is 0.333. The van der Waals surface area contributed by atoms with Crippen LogP contribution in [0.2, 0.25) is 5.02 Å². The monoisotopic (exact) mass is 293 g/mol. The minimum Gasteiger partial charge on any atom is -0.399 e. The van der Waals surface area contributed by atoms with Gasteiger partial charge in [0.2, 0.25) is 0 Å². The molecule has 0 atom stereocenters. The molecule has 0 amide bonds. The number of benzene rings is 1. The van der Waals surface area contributed by atoms with Gasteiger partial charge in [-0.05, 0) is 12.1 Å². The van der Waals surface area contributed by atoms with Crippen LogP contribution in [0.5, 0.6) is 0 Å². The number of aliphatic hydroxyl groups is 1. The molecule has 0 spiro atoms. The third kappa shape index (κ3) is 2.22. The number of alkyl halides is 6. The van der Waals surface area contributed by atoms with Crippen LogP contribution in [0.4, 0.5) is 32.0 Å². The molecule has 0 bridgehead atoms. The van der Waals surface area contributed by atoms with Crippen LogP contribution in [0.1, 0.15) is 5.56 Å². The number of anilines is 1. The van der Waals surface area contributed by atoms with Crippen molar-refractivity contribution in [2.75, 3.05) is 5.73 Å². The summed E-state index contributed by atoms with van der Waals surface area (Å²) in [5, 5.41) is 8.13. The maximum Gasteiger partial charge on any atom is 0.430 e. The summed E-state index contributed by atoms with van der Waals surface area (Å²) in [5.41, 5.74) is -1.52. The molecule has 0 fully saturated rings. The Balaban J connectivity index is 3.56. The average Bonchev–Trinajstić information content (AvgIpc) is 2.12. The van der Waals surface area contributed by atoms with Gasteiger partial charge in [-0.15, -0.1) is 0 Å². The fourth-order valence-electron chi connectivity index (χ4n) is 1.29. The molecular weight excluding hydrogens is 288 g/mol. The Morgan fingerprint density at radius 2 is 1.44 bits per heavy atom. The molecule has 0 radical (unpaired) electrons. The van der Waals surface area contributed by atoms with E-state index in [0.29, 0.717) is 12.1 Å². The van der Waals surface area contributed by atoms with E-state index in [1.54, 1.807) is 0 Å². The van der Waals surface area contributed by atoms with E-state index < -0.39 is 28.5 Å². The van der Waals surface area contributed by atoms with E-state index in [1.807, 2.05) is 0 Å². The lowest BCUT2D eigenvalue weighted by atomic mass is 9.92. The van der Waals surface area contributed by atoms with E-state index in [1.165, 1.54) is 0 Å². The van der Waals surface area contributed by atoms with Crippen LogP contribution in [-0.2, 0) is 5.60 Å². The van der Waals surface area contributed by atoms with Crippen LogP contribution in [0.15, 0.2) is 18.2 Å². The molecule has 18 heavy (non-hydrogen) atoms. The second-order valence-electron chi connectivity index (χ2n) is 3.45. The van der Waals surface area contributed by atoms with Crippen molar-refractivity contribution < 1.29 is 31.4 Å². The first kappa shape index (κ1) is 14.9. The summed E-state index contributed by atoms with van der Waals surface area (Å²) in [7, 11) is 0. The Kier molecular flexibility index (Phi) is 3.48. The summed E-state index contributed by atoms with van der Waals surface area (Å²) in [5.74, 6) is 0. The topological polar surface area (TPSA) is 46.2 Å². The van der Waals surface area contributed by atoms with E-state index in [2.05, 4.69) is 0 Å². The van der Waals surface area contributed by atoms with Crippen LogP contribution in [0, 0.1) is 0 Å². The van der Waals surface area contributed by atoms with Crippen LogP contribution in [-0.4, -0.2) is 17.5 Å². The molecule has 1 aromatic rings. The molecule has 0 unspecified atom stereocenters. The highest BCUT2D eigenvalue weighted by molar-refractivity contribution is 6.31. The molecule has 2 nitrogen and oxygen atoms in total. The highest BCUT2D eigenvalue weighted by atomic mass is 35.5. The molecule has 0 heterocycles. The maximum absolute atomic E-state index is 12.5. The van der Waals surface area contributed by atoms with Gasteiger partial charge >= 0.3 is 12.4 Å². The molecular formula is C9H6ClF6NO. The molecule has 0 aliphatic rings. The second-order valence-corrected chi connectivity index (χ2v) is 3.85. The van der Waals surface area contributed by atoms with Crippen molar-refractivity contribution in [3.8, 4) is 0 Å². The van der Waals surface area contributed by atoms with Crippen molar-refractivity contribution in [1.29, 1.82) is 0 Å². The zero-order valence-corrected chi connectivity index (χ0v) is 9.16. The minimum atomic E-state index is -5.97. The van der Waals surface area contributed by atoms with Crippen molar-refractivity contribution in [2.45, 2.75) is 18.0 Å². The minimum absolute atomic E-state index is 0.129. The normalized spacial score (nSPS) is 13.8. The second kappa shape index (κ2) is 4.20. The number of hydrogen-bond donors (Lipinski definition) is 2. The third-order valence-corrected chi connectivity index (χ3v) is 2.52. The predicted molar refractivity (Wildman–Crippen MR) is 51.9 cm³/mol. The van der Waals surface area contributed by atoms with Gasteiger partial charge in [0.25, 0.3) is 5.60 Å². The van der Waals surface area contributed by atoms with E-state index in [4.69, 9.17) is 22.4 Å². The van der Waals surface area contributed by atoms with E-state index in [-0.39, 0.29) is 5.69 Å². The summed E-state index contributed by atoms with van der Waals surface area (Å²) in [4.78, 5) is 0. The number of rotatable bonds is 1. The summed E-state index contributed by atoms with van der Waals surface area (Å²) in [6.07, 6.45) is -11.9. The fourth-order valence-corrected chi connectivity index (χ4v) is 1.62. The van der Waals surface area contributed by atoms with Crippen molar-refractivity contribution in [3.63, 3.8) is 0 Å². The van der Waals surface area contributed by atoms with Crippen LogP contribution in [0.3, 0.4) is 0 Å². The smallest absolute Gasteiger partial charge is 0.399 e. The molecule has 1 aromatic carbocycles. The summed E-state index contributed by atoms with van der Waals surface area (Å²) >= 11 is 5.29. The van der Waals surface area contributed by atoms with Crippen LogP contribution < -0.4 is 5.73 Å². The van der Waals surface area contributed by atoms with E-state index >= 15 is 0 Å². The molecule has 0 saturated heterocycles. The van der Waals surface area contributed by atoms with Crippen LogP contribution >= 0.6 is 11.6 Å². The summed E-state index contributed by atoms with van der Waals surface area (Å²) < 4.78 is 75.0. The lowest BCUT2D eigenvalue weighted by molar-refractivity contribution is -0.376. The average molecular weight is 294 g/mol. The molecule has 1 rings (SSSR count). The molecule has 0 aliphatic heterocycles. The van der Waals surface area contributed by atoms with Crippen molar-refractivity contribution in [3.05, 3.63) is 28.8 Å². The van der Waals surface area contributed by atoms with Gasteiger partial charge in [-0.2, -0.15) is 26.3 Å². The lowest BCUT2D eigenvalue weighted by Gasteiger charge is -2.33. The summed E-state index contributed by atoms with van der Waals surface area (Å²) in [6.45, 7) is 0. The Morgan fingerprint density at radius 3 is 1.78 bits per heavy atom. The molecule has 0 saturated carbocycles. The molecule has 102 valence electrons. The first-order valence-corrected chi connectivity index (χ1v) is 4.70. The summed E-state index contributed by atoms with van der Waals surface area (Å²) in [6, 6.07) is 1.86. The van der Waals surface area contributed by atoms with E-state index in [0.717, 1.165) is 6.07 Å². The van der Waals surface area contributed by atoms with Gasteiger partial charge in [0.1, 0.15) is 0 Å². The van der Waals surface area contributed by atoms with Gasteiger partial charge in [-0.25, -0.2) is 0 Å². The van der Waals surface area contributed by atoms with Crippen molar-refractivity contribution >= 4 is 17.3 Å². The number of nitrogen functional groups attached to an aromatic ring is 1. The first-order valence-electron chi connectivity index (χ1n) is 4.32. The molecule has 0 aliphatic carbocycles. The highest BCUT2D eigenvalue weighted by Gasteiger charge is 2.72. The maximum atomic E-state index is 12.5.